The Morgan fingerprint density at radius 2 is 1.57 bits per heavy atom. The van der Waals surface area contributed by atoms with Crippen LogP contribution >= 0.6 is 0 Å². The molecule has 0 atom stereocenters. The maximum atomic E-state index is 13.6. The van der Waals surface area contributed by atoms with Crippen LogP contribution in [0.4, 0.5) is 28.9 Å². The van der Waals surface area contributed by atoms with Crippen molar-refractivity contribution in [2.24, 2.45) is 0 Å². The van der Waals surface area contributed by atoms with E-state index in [1.807, 2.05) is 0 Å². The minimum atomic E-state index is -4.52. The molecule has 0 amide bonds. The molecule has 0 aliphatic carbocycles. The van der Waals surface area contributed by atoms with Crippen LogP contribution in [-0.4, -0.2) is 8.42 Å². The van der Waals surface area contributed by atoms with Gasteiger partial charge in [-0.25, -0.2) is 26.0 Å². The Morgan fingerprint density at radius 3 is 2.19 bits per heavy atom. The first-order valence-corrected chi connectivity index (χ1v) is 6.92. The number of hydrogen-bond acceptors (Lipinski definition) is 3. The third kappa shape index (κ3) is 2.92. The number of anilines is 2. The molecular formula is C12H8F4N2O2S. The summed E-state index contributed by atoms with van der Waals surface area (Å²) in [5.74, 6) is -6.21. The third-order valence-corrected chi connectivity index (χ3v) is 3.92. The fourth-order valence-corrected chi connectivity index (χ4v) is 2.66. The molecule has 0 saturated carbocycles. The largest absolute Gasteiger partial charge is 0.399 e. The minimum absolute atomic E-state index is 0.00884. The molecule has 0 spiro atoms. The lowest BCUT2D eigenvalue weighted by atomic mass is 10.3. The molecule has 0 bridgehead atoms. The van der Waals surface area contributed by atoms with E-state index in [4.69, 9.17) is 5.73 Å². The molecule has 4 nitrogen and oxygen atoms in total. The number of sulfonamides is 1. The quantitative estimate of drug-likeness (QED) is 0.519. The van der Waals surface area contributed by atoms with Gasteiger partial charge in [0.2, 0.25) is 0 Å². The van der Waals surface area contributed by atoms with E-state index in [-0.39, 0.29) is 5.69 Å². The van der Waals surface area contributed by atoms with Gasteiger partial charge in [-0.15, -0.1) is 0 Å². The van der Waals surface area contributed by atoms with E-state index in [0.717, 1.165) is 18.2 Å². The normalized spacial score (nSPS) is 11.4. The number of halogens is 4. The van der Waals surface area contributed by atoms with E-state index < -0.39 is 43.9 Å². The molecule has 9 heteroatoms. The lowest BCUT2D eigenvalue weighted by molar-refractivity contribution is 0.449. The van der Waals surface area contributed by atoms with Crippen molar-refractivity contribution in [1.29, 1.82) is 0 Å². The van der Waals surface area contributed by atoms with E-state index in [1.165, 1.54) is 0 Å². The van der Waals surface area contributed by atoms with Crippen LogP contribution in [0.2, 0.25) is 0 Å². The average Bonchev–Trinajstić information content (AvgIpc) is 2.39. The Bertz CT molecular complexity index is 809. The zero-order valence-corrected chi connectivity index (χ0v) is 11.0. The second-order valence-electron chi connectivity index (χ2n) is 4.02. The summed E-state index contributed by atoms with van der Waals surface area (Å²) in [6.07, 6.45) is 0. The molecule has 112 valence electrons. The fraction of sp³-hybridized carbons (Fsp3) is 0. The highest BCUT2D eigenvalue weighted by atomic mass is 32.2. The molecule has 0 aromatic heterocycles. The van der Waals surface area contributed by atoms with Crippen molar-refractivity contribution < 1.29 is 26.0 Å². The van der Waals surface area contributed by atoms with Crippen molar-refractivity contribution in [3.05, 3.63) is 53.6 Å². The first kappa shape index (κ1) is 15.1. The van der Waals surface area contributed by atoms with E-state index in [2.05, 4.69) is 0 Å². The molecule has 2 rings (SSSR count). The summed E-state index contributed by atoms with van der Waals surface area (Å²) < 4.78 is 78.2. The molecule has 2 aromatic rings. The van der Waals surface area contributed by atoms with Crippen molar-refractivity contribution in [2.45, 2.75) is 4.90 Å². The molecule has 0 saturated heterocycles. The Morgan fingerprint density at radius 1 is 0.905 bits per heavy atom. The number of hydrogen-bond donors (Lipinski definition) is 2. The number of nitrogen functional groups attached to an aromatic ring is 1. The van der Waals surface area contributed by atoms with Gasteiger partial charge in [0.25, 0.3) is 10.0 Å². The van der Waals surface area contributed by atoms with Gasteiger partial charge in [-0.2, -0.15) is 0 Å². The number of nitrogens with one attached hydrogen (secondary N) is 1. The standard InChI is InChI=1S/C12H8F4N2O2S/c13-7-2-3-9(12(16)11(7)15)18-21(19,20)10-4-1-6(17)5-8(10)14/h1-5,18H,17H2. The Balaban J connectivity index is 2.45. The van der Waals surface area contributed by atoms with E-state index in [0.29, 0.717) is 12.1 Å². The maximum Gasteiger partial charge on any atom is 0.264 e. The molecule has 0 fully saturated rings. The average molecular weight is 320 g/mol. The summed E-state index contributed by atoms with van der Waals surface area (Å²) in [6, 6.07) is 3.97. The molecule has 0 radical (unpaired) electrons. The van der Waals surface area contributed by atoms with Gasteiger partial charge in [-0.3, -0.25) is 4.72 Å². The molecule has 0 aliphatic heterocycles. The molecule has 0 unspecified atom stereocenters. The molecule has 0 heterocycles. The highest BCUT2D eigenvalue weighted by molar-refractivity contribution is 7.92. The zero-order chi connectivity index (χ0) is 15.8. The predicted molar refractivity (Wildman–Crippen MR) is 67.9 cm³/mol. The van der Waals surface area contributed by atoms with Crippen LogP contribution in [0.5, 0.6) is 0 Å². The van der Waals surface area contributed by atoms with Crippen molar-refractivity contribution in [2.75, 3.05) is 10.5 Å². The smallest absolute Gasteiger partial charge is 0.264 e. The van der Waals surface area contributed by atoms with Crippen LogP contribution in [0.1, 0.15) is 0 Å². The zero-order valence-electron chi connectivity index (χ0n) is 10.2. The van der Waals surface area contributed by atoms with Crippen molar-refractivity contribution >= 4 is 21.4 Å². The van der Waals surface area contributed by atoms with Gasteiger partial charge in [-0.05, 0) is 30.3 Å². The topological polar surface area (TPSA) is 72.2 Å². The van der Waals surface area contributed by atoms with Crippen LogP contribution in [0.25, 0.3) is 0 Å². The van der Waals surface area contributed by atoms with Gasteiger partial charge >= 0.3 is 0 Å². The van der Waals surface area contributed by atoms with Gasteiger partial charge in [0.05, 0.1) is 5.69 Å². The van der Waals surface area contributed by atoms with Gasteiger partial charge in [0, 0.05) is 5.69 Å². The highest BCUT2D eigenvalue weighted by Crippen LogP contribution is 2.24. The fourth-order valence-electron chi connectivity index (χ4n) is 1.54. The van der Waals surface area contributed by atoms with E-state index in [9.17, 15) is 26.0 Å². The maximum absolute atomic E-state index is 13.6. The summed E-state index contributed by atoms with van der Waals surface area (Å²) in [6.45, 7) is 0. The summed E-state index contributed by atoms with van der Waals surface area (Å²) in [5, 5.41) is 0. The summed E-state index contributed by atoms with van der Waals surface area (Å²) in [4.78, 5) is -0.805. The summed E-state index contributed by atoms with van der Waals surface area (Å²) >= 11 is 0. The second-order valence-corrected chi connectivity index (χ2v) is 5.67. The van der Waals surface area contributed by atoms with Gasteiger partial charge in [0.1, 0.15) is 10.7 Å². The van der Waals surface area contributed by atoms with Gasteiger partial charge in [-0.1, -0.05) is 0 Å². The molecule has 21 heavy (non-hydrogen) atoms. The Hall–Kier alpha value is -2.29. The predicted octanol–water partition coefficient (Wildman–Crippen LogP) is 2.63. The van der Waals surface area contributed by atoms with Crippen LogP contribution in [0, 0.1) is 23.3 Å². The van der Waals surface area contributed by atoms with Crippen LogP contribution in [0.3, 0.4) is 0 Å². The van der Waals surface area contributed by atoms with Gasteiger partial charge in [0.15, 0.2) is 17.5 Å². The van der Waals surface area contributed by atoms with E-state index in [1.54, 1.807) is 4.72 Å². The highest BCUT2D eigenvalue weighted by Gasteiger charge is 2.22. The van der Waals surface area contributed by atoms with Crippen LogP contribution in [0.15, 0.2) is 35.2 Å². The summed E-state index contributed by atoms with van der Waals surface area (Å²) in [5.41, 5.74) is 4.43. The Labute approximate surface area is 117 Å². The van der Waals surface area contributed by atoms with Crippen molar-refractivity contribution in [3.8, 4) is 0 Å². The van der Waals surface area contributed by atoms with Crippen molar-refractivity contribution in [1.82, 2.24) is 0 Å². The second kappa shape index (κ2) is 5.24. The third-order valence-electron chi connectivity index (χ3n) is 2.52. The Kier molecular flexibility index (Phi) is 3.77. The molecular weight excluding hydrogens is 312 g/mol. The summed E-state index contributed by atoms with van der Waals surface area (Å²) in [7, 11) is -4.52. The molecule has 2 aromatic carbocycles. The van der Waals surface area contributed by atoms with Crippen molar-refractivity contribution in [3.63, 3.8) is 0 Å². The number of benzene rings is 2. The first-order chi connectivity index (χ1) is 9.72. The number of nitrogens with two attached hydrogens (primary N) is 1. The monoisotopic (exact) mass is 320 g/mol. The molecule has 0 aliphatic rings. The minimum Gasteiger partial charge on any atom is -0.399 e. The lowest BCUT2D eigenvalue weighted by Crippen LogP contribution is -2.16. The van der Waals surface area contributed by atoms with Crippen LogP contribution < -0.4 is 10.5 Å². The van der Waals surface area contributed by atoms with Crippen LogP contribution in [-0.2, 0) is 10.0 Å². The van der Waals surface area contributed by atoms with E-state index >= 15 is 0 Å². The molecule has 3 N–H and O–H groups in total. The number of rotatable bonds is 3. The lowest BCUT2D eigenvalue weighted by Gasteiger charge is -2.10. The van der Waals surface area contributed by atoms with Gasteiger partial charge < -0.3 is 5.73 Å². The SMILES string of the molecule is Nc1ccc(S(=O)(=O)Nc2ccc(F)c(F)c2F)c(F)c1. The first-order valence-electron chi connectivity index (χ1n) is 5.43.